The largest absolute Gasteiger partial charge is 0.382 e. The number of ether oxygens (including phenoxy) is 2. The quantitative estimate of drug-likeness (QED) is 0.628. The predicted molar refractivity (Wildman–Crippen MR) is 78.3 cm³/mol. The van der Waals surface area contributed by atoms with E-state index in [4.69, 9.17) is 15.2 Å². The van der Waals surface area contributed by atoms with Gasteiger partial charge in [-0.1, -0.05) is 37.3 Å². The number of hydrogen-bond acceptors (Lipinski definition) is 4. The molecule has 0 saturated heterocycles. The molecule has 1 aromatic rings. The molecule has 0 aliphatic heterocycles. The number of benzene rings is 1. The minimum Gasteiger partial charge on any atom is -0.382 e. The van der Waals surface area contributed by atoms with Gasteiger partial charge in [0.05, 0.1) is 13.2 Å². The second kappa shape index (κ2) is 8.68. The molecular formula is C15H24N2O3. The van der Waals surface area contributed by atoms with Gasteiger partial charge in [-0.15, -0.1) is 0 Å². The molecule has 0 aliphatic carbocycles. The topological polar surface area (TPSA) is 73.6 Å². The standard InChI is InChI=1S/C15H24N2O3/c1-3-17-15(14(16)18,9-10-20-12-11-19-2)13-7-5-4-6-8-13/h4-8,17H,3,9-12H2,1-2H3,(H2,16,18). The van der Waals surface area contributed by atoms with Crippen molar-refractivity contribution in [1.82, 2.24) is 5.32 Å². The van der Waals surface area contributed by atoms with Gasteiger partial charge in [0.2, 0.25) is 5.91 Å². The highest BCUT2D eigenvalue weighted by atomic mass is 16.5. The molecule has 0 radical (unpaired) electrons. The Morgan fingerprint density at radius 2 is 1.95 bits per heavy atom. The average Bonchev–Trinajstić information content (AvgIpc) is 2.46. The fraction of sp³-hybridized carbons (Fsp3) is 0.533. The van der Waals surface area contributed by atoms with Crippen LogP contribution in [0.1, 0.15) is 18.9 Å². The zero-order valence-electron chi connectivity index (χ0n) is 12.2. The highest BCUT2D eigenvalue weighted by molar-refractivity contribution is 5.86. The lowest BCUT2D eigenvalue weighted by atomic mass is 9.86. The van der Waals surface area contributed by atoms with Gasteiger partial charge in [-0.3, -0.25) is 10.1 Å². The summed E-state index contributed by atoms with van der Waals surface area (Å²) in [6, 6.07) is 9.52. The summed E-state index contributed by atoms with van der Waals surface area (Å²) in [4.78, 5) is 12.0. The summed E-state index contributed by atoms with van der Waals surface area (Å²) < 4.78 is 10.4. The predicted octanol–water partition coefficient (Wildman–Crippen LogP) is 1.03. The van der Waals surface area contributed by atoms with Crippen LogP contribution in [-0.2, 0) is 19.8 Å². The Bertz CT molecular complexity index is 397. The summed E-state index contributed by atoms with van der Waals surface area (Å²) in [6.07, 6.45) is 0.490. The molecule has 1 rings (SSSR count). The van der Waals surface area contributed by atoms with Crippen LogP contribution in [0, 0.1) is 0 Å². The molecule has 0 saturated carbocycles. The van der Waals surface area contributed by atoms with Gasteiger partial charge < -0.3 is 15.2 Å². The number of nitrogens with one attached hydrogen (secondary N) is 1. The number of nitrogens with two attached hydrogens (primary N) is 1. The lowest BCUT2D eigenvalue weighted by Gasteiger charge is -2.32. The Hall–Kier alpha value is -1.43. The first-order chi connectivity index (χ1) is 9.67. The van der Waals surface area contributed by atoms with E-state index in [9.17, 15) is 4.79 Å². The van der Waals surface area contributed by atoms with E-state index < -0.39 is 5.54 Å². The molecule has 0 aromatic heterocycles. The molecule has 0 aliphatic rings. The van der Waals surface area contributed by atoms with Gasteiger partial charge in [0, 0.05) is 20.1 Å². The van der Waals surface area contributed by atoms with Crippen molar-refractivity contribution < 1.29 is 14.3 Å². The van der Waals surface area contributed by atoms with Crippen molar-refractivity contribution in [1.29, 1.82) is 0 Å². The number of likely N-dealkylation sites (N-methyl/N-ethyl adjacent to an activating group) is 1. The van der Waals surface area contributed by atoms with Crippen molar-refractivity contribution >= 4 is 5.91 Å². The van der Waals surface area contributed by atoms with Crippen LogP contribution in [0.15, 0.2) is 30.3 Å². The maximum absolute atomic E-state index is 12.0. The van der Waals surface area contributed by atoms with Gasteiger partial charge in [0.15, 0.2) is 0 Å². The Morgan fingerprint density at radius 1 is 1.25 bits per heavy atom. The lowest BCUT2D eigenvalue weighted by Crippen LogP contribution is -2.53. The van der Waals surface area contributed by atoms with E-state index >= 15 is 0 Å². The Kier molecular flexibility index (Phi) is 7.22. The molecule has 0 spiro atoms. The molecule has 20 heavy (non-hydrogen) atoms. The van der Waals surface area contributed by atoms with Crippen LogP contribution in [-0.4, -0.2) is 39.4 Å². The molecular weight excluding hydrogens is 256 g/mol. The van der Waals surface area contributed by atoms with E-state index in [1.165, 1.54) is 0 Å². The highest BCUT2D eigenvalue weighted by Gasteiger charge is 2.37. The van der Waals surface area contributed by atoms with Crippen molar-refractivity contribution in [3.63, 3.8) is 0 Å². The van der Waals surface area contributed by atoms with Gasteiger partial charge in [-0.2, -0.15) is 0 Å². The van der Waals surface area contributed by atoms with Crippen LogP contribution in [0.5, 0.6) is 0 Å². The number of carbonyl (C=O) groups is 1. The summed E-state index contributed by atoms with van der Waals surface area (Å²) in [5.74, 6) is -0.388. The van der Waals surface area contributed by atoms with Crippen LogP contribution < -0.4 is 11.1 Å². The summed E-state index contributed by atoms with van der Waals surface area (Å²) in [7, 11) is 1.62. The van der Waals surface area contributed by atoms with E-state index in [1.54, 1.807) is 7.11 Å². The molecule has 112 valence electrons. The molecule has 1 atom stereocenters. The molecule has 1 unspecified atom stereocenters. The maximum atomic E-state index is 12.0. The lowest BCUT2D eigenvalue weighted by molar-refractivity contribution is -0.125. The Balaban J connectivity index is 2.81. The van der Waals surface area contributed by atoms with Crippen LogP contribution >= 0.6 is 0 Å². The Morgan fingerprint density at radius 3 is 2.50 bits per heavy atom. The molecule has 3 N–H and O–H groups in total. The van der Waals surface area contributed by atoms with Gasteiger partial charge in [-0.05, 0) is 12.1 Å². The van der Waals surface area contributed by atoms with Crippen LogP contribution in [0.2, 0.25) is 0 Å². The number of rotatable bonds is 10. The first-order valence-corrected chi connectivity index (χ1v) is 6.84. The van der Waals surface area contributed by atoms with E-state index in [0.29, 0.717) is 32.8 Å². The fourth-order valence-electron chi connectivity index (χ4n) is 2.18. The van der Waals surface area contributed by atoms with E-state index in [-0.39, 0.29) is 5.91 Å². The van der Waals surface area contributed by atoms with E-state index in [2.05, 4.69) is 5.32 Å². The van der Waals surface area contributed by atoms with Crippen molar-refractivity contribution in [2.45, 2.75) is 18.9 Å². The number of carbonyl (C=O) groups excluding carboxylic acids is 1. The SMILES string of the molecule is CCNC(CCOCCOC)(C(N)=O)c1ccccc1. The second-order valence-electron chi connectivity index (χ2n) is 4.52. The fourth-order valence-corrected chi connectivity index (χ4v) is 2.18. The third-order valence-electron chi connectivity index (χ3n) is 3.22. The van der Waals surface area contributed by atoms with E-state index in [0.717, 1.165) is 5.56 Å². The zero-order valence-corrected chi connectivity index (χ0v) is 12.2. The van der Waals surface area contributed by atoms with Crippen molar-refractivity contribution in [3.05, 3.63) is 35.9 Å². The average molecular weight is 280 g/mol. The van der Waals surface area contributed by atoms with Crippen molar-refractivity contribution in [2.75, 3.05) is 33.5 Å². The van der Waals surface area contributed by atoms with Crippen LogP contribution in [0.3, 0.4) is 0 Å². The third-order valence-corrected chi connectivity index (χ3v) is 3.22. The normalized spacial score (nSPS) is 13.9. The molecule has 1 aromatic carbocycles. The number of amides is 1. The summed E-state index contributed by atoms with van der Waals surface area (Å²) in [5.41, 5.74) is 5.63. The summed E-state index contributed by atoms with van der Waals surface area (Å²) in [6.45, 7) is 4.08. The van der Waals surface area contributed by atoms with Gasteiger partial charge in [0.25, 0.3) is 0 Å². The zero-order chi connectivity index (χ0) is 14.8. The first kappa shape index (κ1) is 16.6. The number of hydrogen-bond donors (Lipinski definition) is 2. The molecule has 5 heteroatoms. The summed E-state index contributed by atoms with van der Waals surface area (Å²) in [5, 5.41) is 3.22. The monoisotopic (exact) mass is 280 g/mol. The second-order valence-corrected chi connectivity index (χ2v) is 4.52. The number of primary amides is 1. The molecule has 0 fully saturated rings. The summed E-state index contributed by atoms with van der Waals surface area (Å²) >= 11 is 0. The van der Waals surface area contributed by atoms with E-state index in [1.807, 2.05) is 37.3 Å². The smallest absolute Gasteiger partial charge is 0.242 e. The molecule has 0 heterocycles. The maximum Gasteiger partial charge on any atom is 0.242 e. The first-order valence-electron chi connectivity index (χ1n) is 6.84. The number of methoxy groups -OCH3 is 1. The minimum absolute atomic E-state index is 0.388. The van der Waals surface area contributed by atoms with Crippen LogP contribution in [0.25, 0.3) is 0 Å². The van der Waals surface area contributed by atoms with Gasteiger partial charge >= 0.3 is 0 Å². The van der Waals surface area contributed by atoms with Crippen LogP contribution in [0.4, 0.5) is 0 Å². The van der Waals surface area contributed by atoms with Crippen molar-refractivity contribution in [2.24, 2.45) is 5.73 Å². The molecule has 0 bridgehead atoms. The molecule has 5 nitrogen and oxygen atoms in total. The Labute approximate surface area is 120 Å². The van der Waals surface area contributed by atoms with Gasteiger partial charge in [0.1, 0.15) is 5.54 Å². The van der Waals surface area contributed by atoms with Gasteiger partial charge in [-0.25, -0.2) is 0 Å². The molecule has 1 amide bonds. The highest BCUT2D eigenvalue weighted by Crippen LogP contribution is 2.25. The minimum atomic E-state index is -0.886. The third kappa shape index (κ3) is 4.30. The van der Waals surface area contributed by atoms with Crippen molar-refractivity contribution in [3.8, 4) is 0 Å².